The molecule has 198 valence electrons. The molecule has 0 unspecified atom stereocenters. The summed E-state index contributed by atoms with van der Waals surface area (Å²) in [6.07, 6.45) is 0.951. The maximum absolute atomic E-state index is 13.6. The fourth-order valence-corrected chi connectivity index (χ4v) is 6.34. The predicted octanol–water partition coefficient (Wildman–Crippen LogP) is 4.48. The van der Waals surface area contributed by atoms with Gasteiger partial charge in [0.05, 0.1) is 5.69 Å². The van der Waals surface area contributed by atoms with Crippen LogP contribution >= 0.6 is 11.3 Å². The number of benzene rings is 1. The lowest BCUT2D eigenvalue weighted by atomic mass is 9.92. The smallest absolute Gasteiger partial charge is 0.324 e. The molecule has 2 saturated carbocycles. The standard InChI is InChI=1S/C25H23F4N7OS/c26-12-23(4-5-23)18-11-38-22(33-18)36-19-16(20(37)35(36)13-25(27,28)29)10-30-21(34-19)32-15-1-2-17-14(9-15)3-8-31-24(17)6-7-24/h1-2,9-11,31H,3-8,12-13H2,(H,30,32,34). The van der Waals surface area contributed by atoms with Gasteiger partial charge in [0.25, 0.3) is 5.56 Å². The molecule has 0 atom stereocenters. The molecule has 3 aromatic heterocycles. The first-order chi connectivity index (χ1) is 18.2. The Kier molecular flexibility index (Phi) is 5.06. The van der Waals surface area contributed by atoms with Gasteiger partial charge in [-0.1, -0.05) is 6.07 Å². The number of hydrogen-bond acceptors (Lipinski definition) is 7. The van der Waals surface area contributed by atoms with Crippen LogP contribution in [0.2, 0.25) is 0 Å². The Labute approximate surface area is 217 Å². The van der Waals surface area contributed by atoms with Gasteiger partial charge in [-0.05, 0) is 55.4 Å². The molecule has 3 aliphatic rings. The summed E-state index contributed by atoms with van der Waals surface area (Å²) < 4.78 is 55.7. The molecule has 13 heteroatoms. The van der Waals surface area contributed by atoms with Crippen molar-refractivity contribution < 1.29 is 17.6 Å². The number of anilines is 2. The first-order valence-corrected chi connectivity index (χ1v) is 13.3. The van der Waals surface area contributed by atoms with Gasteiger partial charge in [0.1, 0.15) is 18.6 Å². The molecule has 0 radical (unpaired) electrons. The molecule has 0 bridgehead atoms. The van der Waals surface area contributed by atoms with Crippen molar-refractivity contribution in [3.05, 3.63) is 57.0 Å². The molecule has 4 heterocycles. The topological polar surface area (TPSA) is 89.7 Å². The average molecular weight is 546 g/mol. The zero-order valence-electron chi connectivity index (χ0n) is 20.1. The Hall–Kier alpha value is -3.32. The normalized spacial score (nSPS) is 19.1. The molecule has 4 aromatic rings. The van der Waals surface area contributed by atoms with Crippen molar-refractivity contribution in [3.8, 4) is 5.13 Å². The number of aromatic nitrogens is 5. The Morgan fingerprint density at radius 1 is 1.16 bits per heavy atom. The van der Waals surface area contributed by atoms with Crippen LogP contribution in [0.25, 0.3) is 16.2 Å². The SMILES string of the molecule is O=c1c2cnc(Nc3ccc4c(c3)CCNC43CC3)nc2n(-c2nc(C3(CF)CC3)cs2)n1CC(F)(F)F. The van der Waals surface area contributed by atoms with E-state index in [1.54, 1.807) is 5.38 Å². The highest BCUT2D eigenvalue weighted by atomic mass is 32.1. The number of nitrogens with zero attached hydrogens (tertiary/aromatic N) is 5. The molecule has 8 nitrogen and oxygen atoms in total. The van der Waals surface area contributed by atoms with Gasteiger partial charge < -0.3 is 10.6 Å². The van der Waals surface area contributed by atoms with E-state index in [9.17, 15) is 22.4 Å². The first kappa shape index (κ1) is 23.8. The van der Waals surface area contributed by atoms with E-state index < -0.39 is 30.4 Å². The summed E-state index contributed by atoms with van der Waals surface area (Å²) >= 11 is 1.06. The van der Waals surface area contributed by atoms with Crippen LogP contribution in [-0.4, -0.2) is 43.7 Å². The average Bonchev–Trinajstić information content (AvgIpc) is 3.78. The van der Waals surface area contributed by atoms with Crippen LogP contribution in [0.4, 0.5) is 29.2 Å². The molecular formula is C25H23F4N7OS. The summed E-state index contributed by atoms with van der Waals surface area (Å²) in [4.78, 5) is 26.1. The fraction of sp³-hybridized carbons (Fsp3) is 0.440. The highest BCUT2D eigenvalue weighted by Crippen LogP contribution is 2.49. The number of nitrogens with one attached hydrogen (secondary N) is 2. The summed E-state index contributed by atoms with van der Waals surface area (Å²) in [7, 11) is 0. The van der Waals surface area contributed by atoms with Crippen molar-refractivity contribution in [3.63, 3.8) is 0 Å². The van der Waals surface area contributed by atoms with Gasteiger partial charge in [-0.2, -0.15) is 18.2 Å². The quantitative estimate of drug-likeness (QED) is 0.348. The Bertz CT molecular complexity index is 1630. The number of hydrogen-bond donors (Lipinski definition) is 2. The highest BCUT2D eigenvalue weighted by molar-refractivity contribution is 7.12. The molecule has 1 aliphatic heterocycles. The second-order valence-corrected chi connectivity index (χ2v) is 11.2. The van der Waals surface area contributed by atoms with Crippen LogP contribution < -0.4 is 16.2 Å². The lowest BCUT2D eigenvalue weighted by molar-refractivity contribution is -0.144. The van der Waals surface area contributed by atoms with Crippen molar-refractivity contribution in [2.24, 2.45) is 0 Å². The van der Waals surface area contributed by atoms with Gasteiger partial charge in [-0.25, -0.2) is 19.3 Å². The Morgan fingerprint density at radius 2 is 1.97 bits per heavy atom. The van der Waals surface area contributed by atoms with Crippen molar-refractivity contribution >= 4 is 34.0 Å². The van der Waals surface area contributed by atoms with Crippen molar-refractivity contribution in [1.29, 1.82) is 0 Å². The lowest BCUT2D eigenvalue weighted by Gasteiger charge is -2.27. The minimum atomic E-state index is -4.65. The second kappa shape index (κ2) is 8.09. The van der Waals surface area contributed by atoms with Gasteiger partial charge in [0.2, 0.25) is 11.1 Å². The van der Waals surface area contributed by atoms with E-state index in [0.717, 1.165) is 47.5 Å². The van der Waals surface area contributed by atoms with Crippen molar-refractivity contribution in [2.75, 3.05) is 18.5 Å². The summed E-state index contributed by atoms with van der Waals surface area (Å²) in [6.45, 7) is -1.21. The number of alkyl halides is 4. The second-order valence-electron chi connectivity index (χ2n) is 10.4. The third-order valence-electron chi connectivity index (χ3n) is 7.82. The van der Waals surface area contributed by atoms with E-state index in [-0.39, 0.29) is 27.7 Å². The van der Waals surface area contributed by atoms with Gasteiger partial charge in [0.15, 0.2) is 5.65 Å². The predicted molar refractivity (Wildman–Crippen MR) is 134 cm³/mol. The van der Waals surface area contributed by atoms with Gasteiger partial charge >= 0.3 is 6.18 Å². The number of thiazole rings is 1. The first-order valence-electron chi connectivity index (χ1n) is 12.4. The molecular weight excluding hydrogens is 522 g/mol. The maximum Gasteiger partial charge on any atom is 0.408 e. The molecule has 1 spiro atoms. The van der Waals surface area contributed by atoms with Gasteiger partial charge in [0, 0.05) is 34.8 Å². The van der Waals surface area contributed by atoms with Gasteiger partial charge in [-0.15, -0.1) is 11.3 Å². The molecule has 2 aliphatic carbocycles. The maximum atomic E-state index is 13.6. The van der Waals surface area contributed by atoms with Crippen LogP contribution in [0.1, 0.15) is 42.5 Å². The van der Waals surface area contributed by atoms with E-state index in [1.165, 1.54) is 17.3 Å². The third-order valence-corrected chi connectivity index (χ3v) is 8.63. The molecule has 0 saturated heterocycles. The van der Waals surface area contributed by atoms with Crippen molar-refractivity contribution in [2.45, 2.75) is 55.8 Å². The Morgan fingerprint density at radius 3 is 2.68 bits per heavy atom. The molecule has 0 amide bonds. The highest BCUT2D eigenvalue weighted by Gasteiger charge is 2.47. The minimum Gasteiger partial charge on any atom is -0.324 e. The van der Waals surface area contributed by atoms with E-state index >= 15 is 0 Å². The fourth-order valence-electron chi connectivity index (χ4n) is 5.39. The molecule has 1 aromatic carbocycles. The third kappa shape index (κ3) is 3.82. The number of fused-ring (bicyclic) bond motifs is 3. The van der Waals surface area contributed by atoms with Crippen LogP contribution in [-0.2, 0) is 23.9 Å². The summed E-state index contributed by atoms with van der Waals surface area (Å²) in [5.41, 5.74) is 2.30. The van der Waals surface area contributed by atoms with Crippen LogP contribution in [0.3, 0.4) is 0 Å². The largest absolute Gasteiger partial charge is 0.408 e. The Balaban J connectivity index is 1.30. The van der Waals surface area contributed by atoms with Gasteiger partial charge in [-0.3, -0.25) is 9.18 Å². The van der Waals surface area contributed by atoms with Crippen LogP contribution in [0, 0.1) is 0 Å². The van der Waals surface area contributed by atoms with E-state index in [2.05, 4.69) is 31.7 Å². The van der Waals surface area contributed by atoms with E-state index in [1.807, 2.05) is 12.1 Å². The molecule has 7 rings (SSSR count). The molecule has 2 N–H and O–H groups in total. The van der Waals surface area contributed by atoms with Crippen LogP contribution in [0.5, 0.6) is 0 Å². The zero-order chi connectivity index (χ0) is 26.3. The summed E-state index contributed by atoms with van der Waals surface area (Å²) in [6, 6.07) is 6.06. The molecule has 2 fully saturated rings. The summed E-state index contributed by atoms with van der Waals surface area (Å²) in [5, 5.41) is 8.44. The zero-order valence-corrected chi connectivity index (χ0v) is 20.9. The number of halogens is 4. The number of rotatable bonds is 6. The van der Waals surface area contributed by atoms with E-state index in [4.69, 9.17) is 0 Å². The molecule has 38 heavy (non-hydrogen) atoms. The lowest BCUT2D eigenvalue weighted by Crippen LogP contribution is -2.36. The monoisotopic (exact) mass is 545 g/mol. The van der Waals surface area contributed by atoms with Crippen LogP contribution in [0.15, 0.2) is 34.6 Å². The van der Waals surface area contributed by atoms with E-state index in [0.29, 0.717) is 23.2 Å². The van der Waals surface area contributed by atoms with Crippen molar-refractivity contribution in [1.82, 2.24) is 29.6 Å². The summed E-state index contributed by atoms with van der Waals surface area (Å²) in [5.74, 6) is 0.143. The minimum absolute atomic E-state index is 0.00170.